The van der Waals surface area contributed by atoms with Gasteiger partial charge in [0.15, 0.2) is 4.32 Å². The lowest BCUT2D eigenvalue weighted by molar-refractivity contribution is -0.133. The van der Waals surface area contributed by atoms with Crippen LogP contribution in [0.2, 0.25) is 0 Å². The van der Waals surface area contributed by atoms with E-state index < -0.39 is 0 Å². The Morgan fingerprint density at radius 3 is 2.64 bits per heavy atom. The molecule has 0 unspecified atom stereocenters. The quantitative estimate of drug-likeness (QED) is 0.611. The Morgan fingerprint density at radius 1 is 1.50 bits per heavy atom. The van der Waals surface area contributed by atoms with Crippen molar-refractivity contribution < 1.29 is 9.88 Å². The van der Waals surface area contributed by atoms with E-state index in [4.69, 9.17) is 17.0 Å². The third-order valence-corrected chi connectivity index (χ3v) is 2.36. The molecule has 1 aromatic rings. The SMILES string of the molecule is CCOc1ccc(NC(=S)S[NH3+])cc1. The van der Waals surface area contributed by atoms with Crippen LogP contribution in [-0.4, -0.2) is 10.9 Å². The summed E-state index contributed by atoms with van der Waals surface area (Å²) in [6.45, 7) is 2.64. The highest BCUT2D eigenvalue weighted by molar-refractivity contribution is 8.18. The van der Waals surface area contributed by atoms with Gasteiger partial charge in [0.05, 0.1) is 6.61 Å². The molecule has 0 heterocycles. The minimum Gasteiger partial charge on any atom is -0.494 e. The molecule has 0 atom stereocenters. The first kappa shape index (κ1) is 11.3. The summed E-state index contributed by atoms with van der Waals surface area (Å²) < 4.78 is 5.98. The second kappa shape index (κ2) is 5.85. The van der Waals surface area contributed by atoms with Crippen LogP contribution >= 0.6 is 24.2 Å². The number of benzene rings is 1. The average Bonchev–Trinajstić information content (AvgIpc) is 2.21. The lowest BCUT2D eigenvalue weighted by atomic mass is 10.3. The fourth-order valence-corrected chi connectivity index (χ4v) is 1.26. The Kier molecular flexibility index (Phi) is 4.72. The summed E-state index contributed by atoms with van der Waals surface area (Å²) in [5, 5.41) is 6.65. The van der Waals surface area contributed by atoms with Gasteiger partial charge >= 0.3 is 0 Å². The first-order chi connectivity index (χ1) is 6.76. The van der Waals surface area contributed by atoms with E-state index in [1.54, 1.807) is 0 Å². The molecule has 3 nitrogen and oxygen atoms in total. The number of anilines is 1. The third-order valence-electron chi connectivity index (χ3n) is 1.54. The minimum absolute atomic E-state index is 0.661. The highest BCUT2D eigenvalue weighted by atomic mass is 32.2. The molecule has 0 radical (unpaired) electrons. The van der Waals surface area contributed by atoms with Crippen molar-refractivity contribution in [2.24, 2.45) is 0 Å². The first-order valence-electron chi connectivity index (χ1n) is 4.22. The van der Waals surface area contributed by atoms with E-state index in [1.165, 1.54) is 11.9 Å². The largest absolute Gasteiger partial charge is 0.494 e. The Morgan fingerprint density at radius 2 is 2.14 bits per heavy atom. The molecular weight excluding hydrogens is 216 g/mol. The molecule has 14 heavy (non-hydrogen) atoms. The van der Waals surface area contributed by atoms with Gasteiger partial charge in [-0.1, -0.05) is 0 Å². The van der Waals surface area contributed by atoms with Crippen molar-refractivity contribution in [3.63, 3.8) is 0 Å². The summed E-state index contributed by atoms with van der Waals surface area (Å²) in [6, 6.07) is 7.66. The highest BCUT2D eigenvalue weighted by Crippen LogP contribution is 2.16. The maximum Gasteiger partial charge on any atom is 0.197 e. The van der Waals surface area contributed by atoms with E-state index in [9.17, 15) is 0 Å². The molecule has 0 saturated carbocycles. The molecule has 5 heteroatoms. The average molecular weight is 229 g/mol. The van der Waals surface area contributed by atoms with E-state index in [0.717, 1.165) is 11.4 Å². The van der Waals surface area contributed by atoms with Gasteiger partial charge in [0, 0.05) is 5.69 Å². The van der Waals surface area contributed by atoms with Gasteiger partial charge in [0.2, 0.25) is 0 Å². The second-order valence-corrected chi connectivity index (χ2v) is 3.88. The molecule has 76 valence electrons. The van der Waals surface area contributed by atoms with Crippen LogP contribution in [0.25, 0.3) is 0 Å². The summed E-state index contributed by atoms with van der Waals surface area (Å²) in [5.41, 5.74) is 0.953. The normalized spacial score (nSPS) is 9.57. The molecule has 0 fully saturated rings. The Hall–Kier alpha value is -0.780. The molecule has 0 saturated heterocycles. The van der Waals surface area contributed by atoms with Crippen LogP contribution in [0, 0.1) is 0 Å². The standard InChI is InChI=1S/C9H12N2OS2/c1-2-12-8-5-3-7(4-6-8)11-9(13)14-10/h3-6H,2,10H2,1H3,(H,11,13)/p+1. The van der Waals surface area contributed by atoms with Crippen LogP contribution in [-0.2, 0) is 0 Å². The van der Waals surface area contributed by atoms with Gasteiger partial charge in [-0.3, -0.25) is 5.14 Å². The fourth-order valence-electron chi connectivity index (χ4n) is 0.955. The predicted molar refractivity (Wildman–Crippen MR) is 64.3 cm³/mol. The van der Waals surface area contributed by atoms with E-state index in [1.807, 2.05) is 31.2 Å². The third kappa shape index (κ3) is 3.53. The van der Waals surface area contributed by atoms with Crippen LogP contribution in [0.1, 0.15) is 6.92 Å². The van der Waals surface area contributed by atoms with E-state index >= 15 is 0 Å². The molecule has 1 aromatic carbocycles. The lowest BCUT2D eigenvalue weighted by Gasteiger charge is -2.05. The molecule has 0 spiro atoms. The Bertz CT molecular complexity index is 300. The zero-order valence-electron chi connectivity index (χ0n) is 7.95. The van der Waals surface area contributed by atoms with Crippen molar-refractivity contribution in [1.29, 1.82) is 0 Å². The number of nitrogens with one attached hydrogen (secondary N) is 1. The number of quaternary nitrogens is 1. The summed E-state index contributed by atoms with van der Waals surface area (Å²) in [6.07, 6.45) is 0. The van der Waals surface area contributed by atoms with Gasteiger partial charge in [-0.15, -0.1) is 0 Å². The number of hydrogen-bond acceptors (Lipinski definition) is 3. The van der Waals surface area contributed by atoms with Crippen molar-refractivity contribution in [1.82, 2.24) is 0 Å². The van der Waals surface area contributed by atoms with Gasteiger partial charge in [-0.25, -0.2) is 0 Å². The summed E-state index contributed by atoms with van der Waals surface area (Å²) in [5.74, 6) is 0.867. The maximum absolute atomic E-state index is 5.31. The highest BCUT2D eigenvalue weighted by Gasteiger charge is 1.98. The van der Waals surface area contributed by atoms with E-state index in [0.29, 0.717) is 10.9 Å². The van der Waals surface area contributed by atoms with E-state index in [2.05, 4.69) is 10.5 Å². The molecule has 0 aliphatic rings. The number of hydrogen-bond donors (Lipinski definition) is 2. The monoisotopic (exact) mass is 229 g/mol. The summed E-state index contributed by atoms with van der Waals surface area (Å²) >= 11 is 6.25. The zero-order valence-corrected chi connectivity index (χ0v) is 9.58. The van der Waals surface area contributed by atoms with Crippen LogP contribution < -0.4 is 15.2 Å². The predicted octanol–water partition coefficient (Wildman–Crippen LogP) is 1.67. The molecule has 0 bridgehead atoms. The van der Waals surface area contributed by atoms with Crippen molar-refractivity contribution in [3.8, 4) is 5.75 Å². The van der Waals surface area contributed by atoms with Crippen molar-refractivity contribution in [3.05, 3.63) is 24.3 Å². The first-order valence-corrected chi connectivity index (χ1v) is 5.61. The topological polar surface area (TPSA) is 48.9 Å². The van der Waals surface area contributed by atoms with Gasteiger partial charge in [-0.05, 0) is 43.4 Å². The van der Waals surface area contributed by atoms with Gasteiger partial charge in [-0.2, -0.15) is 0 Å². The maximum atomic E-state index is 5.31. The van der Waals surface area contributed by atoms with E-state index in [-0.39, 0.29) is 0 Å². The molecule has 0 aliphatic heterocycles. The van der Waals surface area contributed by atoms with Gasteiger partial charge < -0.3 is 10.1 Å². The van der Waals surface area contributed by atoms with Crippen LogP contribution in [0.5, 0.6) is 5.75 Å². The van der Waals surface area contributed by atoms with Crippen molar-refractivity contribution >= 4 is 34.2 Å². The molecular formula is C9H13N2OS2+. The number of thiocarbonyl (C=S) groups is 1. The molecule has 0 amide bonds. The number of ether oxygens (including phenoxy) is 1. The van der Waals surface area contributed by atoms with Crippen molar-refractivity contribution in [2.45, 2.75) is 6.92 Å². The van der Waals surface area contributed by atoms with Crippen LogP contribution in [0.4, 0.5) is 5.69 Å². The number of rotatable bonds is 3. The molecule has 0 aromatic heterocycles. The second-order valence-electron chi connectivity index (χ2n) is 2.51. The Balaban J connectivity index is 2.59. The van der Waals surface area contributed by atoms with Crippen LogP contribution in [0.15, 0.2) is 24.3 Å². The van der Waals surface area contributed by atoms with Crippen molar-refractivity contribution in [2.75, 3.05) is 11.9 Å². The minimum atomic E-state index is 0.661. The van der Waals surface area contributed by atoms with Gasteiger partial charge in [0.1, 0.15) is 17.7 Å². The molecule has 0 aliphatic carbocycles. The summed E-state index contributed by atoms with van der Waals surface area (Å²) in [7, 11) is 0. The lowest BCUT2D eigenvalue weighted by Crippen LogP contribution is -2.39. The van der Waals surface area contributed by atoms with Crippen LogP contribution in [0.3, 0.4) is 0 Å². The Labute approximate surface area is 93.1 Å². The molecule has 1 rings (SSSR count). The zero-order chi connectivity index (χ0) is 10.4. The molecule has 4 N–H and O–H groups in total. The van der Waals surface area contributed by atoms with Gasteiger partial charge in [0.25, 0.3) is 0 Å². The smallest absolute Gasteiger partial charge is 0.197 e. The summed E-state index contributed by atoms with van der Waals surface area (Å²) in [4.78, 5) is 0. The fraction of sp³-hybridized carbons (Fsp3) is 0.222.